The van der Waals surface area contributed by atoms with Crippen molar-refractivity contribution in [1.29, 1.82) is 0 Å². The van der Waals surface area contributed by atoms with E-state index in [9.17, 15) is 0 Å². The first-order valence-corrected chi connectivity index (χ1v) is 11.5. The molecule has 0 fully saturated rings. The van der Waals surface area contributed by atoms with Crippen LogP contribution in [0.1, 0.15) is 47.2 Å². The van der Waals surface area contributed by atoms with Crippen molar-refractivity contribution in [3.05, 3.63) is 94.8 Å². The van der Waals surface area contributed by atoms with E-state index in [0.29, 0.717) is 16.5 Å². The maximum atomic E-state index is 8.93. The lowest BCUT2D eigenvalue weighted by Crippen LogP contribution is -2.35. The van der Waals surface area contributed by atoms with Gasteiger partial charge in [0.15, 0.2) is 11.4 Å². The molecule has 5 aromatic rings. The van der Waals surface area contributed by atoms with E-state index in [1.54, 1.807) is 12.1 Å². The number of benzene rings is 3. The van der Waals surface area contributed by atoms with Crippen LogP contribution >= 0.6 is 0 Å². The molecule has 0 saturated carbocycles. The van der Waals surface area contributed by atoms with Gasteiger partial charge >= 0.3 is 0 Å². The third-order valence-corrected chi connectivity index (χ3v) is 6.19. The van der Waals surface area contributed by atoms with E-state index < -0.39 is 42.0 Å². The Morgan fingerprint density at radius 1 is 0.971 bits per heavy atom. The van der Waals surface area contributed by atoms with Crippen LogP contribution < -0.4 is 4.57 Å². The third-order valence-electron chi connectivity index (χ3n) is 6.19. The summed E-state index contributed by atoms with van der Waals surface area (Å²) in [6.07, 6.45) is -1.63. The number of furan rings is 1. The highest BCUT2D eigenvalue weighted by atomic mass is 16.3. The van der Waals surface area contributed by atoms with Gasteiger partial charge in [0.1, 0.15) is 18.2 Å². The van der Waals surface area contributed by atoms with Crippen molar-refractivity contribution in [3.8, 4) is 22.4 Å². The summed E-state index contributed by atoms with van der Waals surface area (Å²) in [6.45, 7) is 17.3. The van der Waals surface area contributed by atoms with Gasteiger partial charge in [0, 0.05) is 38.1 Å². The molecule has 3 heteroatoms. The van der Waals surface area contributed by atoms with Crippen molar-refractivity contribution < 1.29 is 18.6 Å². The molecule has 0 amide bonds. The van der Waals surface area contributed by atoms with E-state index in [1.807, 2.05) is 70.5 Å². The maximum absolute atomic E-state index is 8.93. The van der Waals surface area contributed by atoms with Crippen LogP contribution in [0, 0.1) is 25.8 Å². The van der Waals surface area contributed by atoms with Gasteiger partial charge in [-0.25, -0.2) is 4.85 Å². The molecule has 0 aliphatic carbocycles. The zero-order valence-electron chi connectivity index (χ0n) is 27.8. The molecule has 174 valence electrons. The van der Waals surface area contributed by atoms with E-state index in [2.05, 4.69) is 4.85 Å². The molecule has 3 aromatic carbocycles. The topological polar surface area (TPSA) is 21.4 Å². The number of aryl methyl sites for hydroxylation is 2. The minimum absolute atomic E-state index is 0.0864. The summed E-state index contributed by atoms with van der Waals surface area (Å²) in [6, 6.07) is 8.63. The van der Waals surface area contributed by atoms with Crippen LogP contribution in [-0.4, -0.2) is 0 Å². The first-order valence-electron chi connectivity index (χ1n) is 15.0. The van der Waals surface area contributed by atoms with Gasteiger partial charge in [0.25, 0.3) is 0 Å². The summed E-state index contributed by atoms with van der Waals surface area (Å²) in [4.78, 5) is 3.62. The molecule has 3 nitrogen and oxygen atoms in total. The van der Waals surface area contributed by atoms with E-state index in [1.165, 1.54) is 0 Å². The van der Waals surface area contributed by atoms with Crippen LogP contribution in [-0.2, 0) is 13.4 Å². The predicted molar refractivity (Wildman–Crippen MR) is 145 cm³/mol. The number of rotatable bonds is 3. The van der Waals surface area contributed by atoms with Crippen LogP contribution in [0.5, 0.6) is 0 Å². The number of hydrogen-bond donors (Lipinski definition) is 0. The SMILES string of the molecule is [2H]c1c([2H])c([2H])c(-c2c([N+]#[C-])ccc3c2oc2c(-c4cc(C([2H])([2H])C(C)(C)C)cc(C)[n+]4C)c(C)ccc23)c([2H])c1[2H]. The van der Waals surface area contributed by atoms with Gasteiger partial charge in [0.2, 0.25) is 5.69 Å². The maximum Gasteiger partial charge on any atom is 0.216 e. The fraction of sp³-hybridized carbons (Fsp3) is 0.250. The second-order valence-electron chi connectivity index (χ2n) is 9.89. The monoisotopic (exact) mass is 466 g/mol. The molecule has 0 bridgehead atoms. The van der Waals surface area contributed by atoms with Gasteiger partial charge < -0.3 is 4.42 Å². The molecule has 0 radical (unpaired) electrons. The molecule has 0 aliphatic heterocycles. The van der Waals surface area contributed by atoms with Gasteiger partial charge in [-0.1, -0.05) is 75.2 Å². The van der Waals surface area contributed by atoms with Gasteiger partial charge in [-0.2, -0.15) is 4.57 Å². The quantitative estimate of drug-likeness (QED) is 0.193. The van der Waals surface area contributed by atoms with Crippen LogP contribution in [0.2, 0.25) is 0 Å². The van der Waals surface area contributed by atoms with Crippen molar-refractivity contribution in [2.24, 2.45) is 12.5 Å². The molecular weight excluding hydrogens is 428 g/mol. The molecule has 0 spiro atoms. The number of pyridine rings is 1. The van der Waals surface area contributed by atoms with Crippen LogP contribution in [0.3, 0.4) is 0 Å². The molecule has 35 heavy (non-hydrogen) atoms. The molecule has 0 N–H and O–H groups in total. The van der Waals surface area contributed by atoms with Crippen molar-refractivity contribution in [2.45, 2.75) is 41.0 Å². The normalized spacial score (nSPS) is 15.1. The van der Waals surface area contributed by atoms with Gasteiger partial charge in [-0.05, 0) is 35.4 Å². The average Bonchev–Trinajstić information content (AvgIpc) is 3.30. The Morgan fingerprint density at radius 3 is 2.29 bits per heavy atom. The fourth-order valence-electron chi connectivity index (χ4n) is 4.56. The predicted octanol–water partition coefficient (Wildman–Crippen LogP) is 8.50. The first kappa shape index (κ1) is 15.9. The molecule has 0 unspecified atom stereocenters. The zero-order chi connectivity index (χ0) is 31.0. The van der Waals surface area contributed by atoms with Gasteiger partial charge in [0.05, 0.1) is 19.0 Å². The Labute approximate surface area is 217 Å². The Kier molecular flexibility index (Phi) is 3.81. The second-order valence-corrected chi connectivity index (χ2v) is 9.89. The minimum Gasteiger partial charge on any atom is -0.456 e. The second kappa shape index (κ2) is 8.40. The van der Waals surface area contributed by atoms with E-state index in [4.69, 9.17) is 20.6 Å². The third kappa shape index (κ3) is 4.00. The number of fused-ring (bicyclic) bond motifs is 3. The highest BCUT2D eigenvalue weighted by molar-refractivity contribution is 6.15. The summed E-state index contributed by atoms with van der Waals surface area (Å²) >= 11 is 0. The van der Waals surface area contributed by atoms with Gasteiger partial charge in [-0.15, -0.1) is 0 Å². The first-order chi connectivity index (χ1) is 19.5. The number of aromatic nitrogens is 1. The molecule has 2 aromatic heterocycles. The largest absolute Gasteiger partial charge is 0.456 e. The van der Waals surface area contributed by atoms with Crippen molar-refractivity contribution in [2.75, 3.05) is 0 Å². The molecule has 2 heterocycles. The molecule has 0 saturated heterocycles. The van der Waals surface area contributed by atoms with E-state index in [-0.39, 0.29) is 22.4 Å². The summed E-state index contributed by atoms with van der Waals surface area (Å²) < 4.78 is 68.1. The summed E-state index contributed by atoms with van der Waals surface area (Å²) in [5.74, 6) is 0. The van der Waals surface area contributed by atoms with Crippen molar-refractivity contribution in [3.63, 3.8) is 0 Å². The highest BCUT2D eigenvalue weighted by Crippen LogP contribution is 2.44. The summed E-state index contributed by atoms with van der Waals surface area (Å²) in [7, 11) is 1.91. The summed E-state index contributed by atoms with van der Waals surface area (Å²) in [5.41, 5.74) is 4.06. The highest BCUT2D eigenvalue weighted by Gasteiger charge is 2.25. The van der Waals surface area contributed by atoms with Crippen molar-refractivity contribution >= 4 is 27.6 Å². The lowest BCUT2D eigenvalue weighted by Gasteiger charge is -2.18. The number of hydrogen-bond acceptors (Lipinski definition) is 1. The minimum atomic E-state index is -1.63. The Balaban J connectivity index is 1.93. The van der Waals surface area contributed by atoms with Gasteiger partial charge in [-0.3, -0.25) is 0 Å². The van der Waals surface area contributed by atoms with E-state index >= 15 is 0 Å². The Bertz CT molecular complexity index is 1970. The van der Waals surface area contributed by atoms with Crippen LogP contribution in [0.15, 0.2) is 71.0 Å². The number of nitrogens with zero attached hydrogens (tertiary/aromatic N) is 2. The van der Waals surface area contributed by atoms with Crippen LogP contribution in [0.25, 0.3) is 49.2 Å². The molecule has 5 rings (SSSR count). The molecule has 0 atom stereocenters. The van der Waals surface area contributed by atoms with Crippen LogP contribution in [0.4, 0.5) is 5.69 Å². The smallest absolute Gasteiger partial charge is 0.216 e. The summed E-state index contributed by atoms with van der Waals surface area (Å²) in [5, 5.41) is 1.37. The van der Waals surface area contributed by atoms with E-state index in [0.717, 1.165) is 27.9 Å². The lowest BCUT2D eigenvalue weighted by molar-refractivity contribution is -0.666. The fourth-order valence-corrected chi connectivity index (χ4v) is 4.56. The average molecular weight is 467 g/mol. The standard InChI is InChI=1S/C32H31N2O/c1-20-13-14-24-25-15-16-26(33-6)29(23-11-9-8-10-12-23)31(25)35-30(24)28(20)27-18-22(19-32(3,4)5)17-21(2)34(27)7/h8-18H,19H2,1-5,7H3/q+1/i8D,9D,10D,11D,12D,19D2. The zero-order valence-corrected chi connectivity index (χ0v) is 20.8. The van der Waals surface area contributed by atoms with Crippen molar-refractivity contribution in [1.82, 2.24) is 0 Å². The lowest BCUT2D eigenvalue weighted by atomic mass is 9.87. The molecule has 0 aliphatic rings. The Morgan fingerprint density at radius 2 is 1.63 bits per heavy atom. The Hall–Kier alpha value is -3.90. The molecular formula is C32H31N2O+.